The Morgan fingerprint density at radius 2 is 2.06 bits per heavy atom. The number of amides is 2. The van der Waals surface area contributed by atoms with Gasteiger partial charge in [-0.3, -0.25) is 14.3 Å². The molecule has 49 heavy (non-hydrogen) atoms. The Labute approximate surface area is 297 Å². The molecule has 2 aliphatic heterocycles. The van der Waals surface area contributed by atoms with Gasteiger partial charge in [0, 0.05) is 41.1 Å². The molecule has 2 amide bonds. The molecule has 2 aliphatic carbocycles. The van der Waals surface area contributed by atoms with E-state index < -0.39 is 21.7 Å². The highest BCUT2D eigenvalue weighted by atomic mass is 35.5. The second kappa shape index (κ2) is 13.8. The molecule has 0 unspecified atom stereocenters. The average Bonchev–Trinajstić information content (AvgIpc) is 3.43. The fraction of sp³-hybridized carbons (Fsp3) is 0.486. The molecule has 3 heterocycles. The summed E-state index contributed by atoms with van der Waals surface area (Å²) < 4.78 is 38.1. The number of nitrogens with zero attached hydrogens (tertiary/aromatic N) is 3. The number of benzene rings is 2. The fourth-order valence-electron chi connectivity index (χ4n) is 8.04. The standard InChI is InChI=1S/C37H43ClN4O5S2/c1-23-6-4-8-33(46-3)29-12-9-27(29)19-42-21-37(15-5-7-25-17-28(38)11-13-30(25)37)22-47-34-14-10-26(18-32(34)42)35(43)40-49(45,20-23)41-36(44)31-16-24(2)48-39-31/h4,8,10-11,13-14,16-18,23,27,29,33H,5-7,9,12,15,19-22H2,1-3H3,(H,40,41,43,44,45)/b8-4+/t23-,27-,29+,33-,37-,49-/m0/s1. The summed E-state index contributed by atoms with van der Waals surface area (Å²) in [5.74, 6) is 0.0542. The van der Waals surface area contributed by atoms with Gasteiger partial charge in [0.1, 0.15) is 21.4 Å². The van der Waals surface area contributed by atoms with Crippen LogP contribution in [0.25, 0.3) is 0 Å². The molecule has 1 aromatic heterocycles. The van der Waals surface area contributed by atoms with E-state index in [9.17, 15) is 13.8 Å². The van der Waals surface area contributed by atoms with Crippen LogP contribution < -0.4 is 14.4 Å². The zero-order valence-corrected chi connectivity index (χ0v) is 30.5. The van der Waals surface area contributed by atoms with Crippen LogP contribution in [0.15, 0.2) is 59.0 Å². The molecule has 12 heteroatoms. The van der Waals surface area contributed by atoms with Gasteiger partial charge in [-0.15, -0.1) is 4.36 Å². The number of carbonyl (C=O) groups excluding carboxylic acids is 2. The summed E-state index contributed by atoms with van der Waals surface area (Å²) >= 11 is 7.63. The molecule has 3 aromatic rings. The maximum absolute atomic E-state index is 14.4. The Balaban J connectivity index is 1.31. The molecule has 0 saturated heterocycles. The number of rotatable bonds is 3. The Morgan fingerprint density at radius 3 is 2.82 bits per heavy atom. The van der Waals surface area contributed by atoms with Crippen LogP contribution in [0.2, 0.25) is 5.02 Å². The normalized spacial score (nSPS) is 30.5. The molecule has 1 spiro atoms. The summed E-state index contributed by atoms with van der Waals surface area (Å²) in [6.45, 7) is 5.80. The highest BCUT2D eigenvalue weighted by Crippen LogP contribution is 2.47. The van der Waals surface area contributed by atoms with Crippen molar-refractivity contribution in [2.75, 3.05) is 37.5 Å². The number of carbonyl (C=O) groups is 2. The first-order valence-electron chi connectivity index (χ1n) is 17.1. The van der Waals surface area contributed by atoms with E-state index in [2.05, 4.69) is 42.6 Å². The summed E-state index contributed by atoms with van der Waals surface area (Å²) in [5.41, 5.74) is 3.56. The lowest BCUT2D eigenvalue weighted by Crippen LogP contribution is -2.49. The van der Waals surface area contributed by atoms with Gasteiger partial charge in [0.2, 0.25) is 0 Å². The predicted octanol–water partition coefficient (Wildman–Crippen LogP) is 7.17. The van der Waals surface area contributed by atoms with Crippen molar-refractivity contribution in [2.45, 2.75) is 63.9 Å². The summed E-state index contributed by atoms with van der Waals surface area (Å²) in [4.78, 5) is 30.3. The van der Waals surface area contributed by atoms with Gasteiger partial charge in [-0.05, 0) is 122 Å². The number of methoxy groups -OCH3 is 1. The highest BCUT2D eigenvalue weighted by Gasteiger charge is 2.44. The molecule has 1 N–H and O–H groups in total. The third-order valence-electron chi connectivity index (χ3n) is 10.6. The number of allylic oxidation sites excluding steroid dienone is 1. The average molecular weight is 723 g/mol. The van der Waals surface area contributed by atoms with Crippen LogP contribution in [0.3, 0.4) is 0 Å². The smallest absolute Gasteiger partial charge is 0.286 e. The lowest BCUT2D eigenvalue weighted by Gasteiger charge is -2.46. The molecule has 1 saturated carbocycles. The van der Waals surface area contributed by atoms with E-state index in [0.29, 0.717) is 36.2 Å². The molecular formula is C37H43ClN4O5S2. The Morgan fingerprint density at radius 1 is 1.20 bits per heavy atom. The SMILES string of the molecule is CO[C@H]1/C=C/C[C@H](C)C[S@@](=O)(NC(=O)c2cc(C)sn2)=NC(=O)c2ccc3c(c2)N(C[C@@H]2CC[C@H]21)C[C@@]1(CCCc2cc(Cl)ccc21)CO3. The van der Waals surface area contributed by atoms with Crippen molar-refractivity contribution in [1.29, 1.82) is 0 Å². The van der Waals surface area contributed by atoms with Gasteiger partial charge in [0.25, 0.3) is 11.8 Å². The third kappa shape index (κ3) is 7.04. The van der Waals surface area contributed by atoms with Crippen molar-refractivity contribution in [3.8, 4) is 5.75 Å². The van der Waals surface area contributed by atoms with E-state index in [1.54, 1.807) is 19.2 Å². The lowest BCUT2D eigenvalue weighted by molar-refractivity contribution is 0.0131. The van der Waals surface area contributed by atoms with Gasteiger partial charge in [0.15, 0.2) is 0 Å². The zero-order valence-electron chi connectivity index (χ0n) is 28.2. The number of hydrogen-bond donors (Lipinski definition) is 1. The largest absolute Gasteiger partial charge is 0.490 e. The highest BCUT2D eigenvalue weighted by molar-refractivity contribution is 7.92. The first kappa shape index (κ1) is 34.2. The maximum atomic E-state index is 14.4. The van der Waals surface area contributed by atoms with Gasteiger partial charge >= 0.3 is 0 Å². The number of halogens is 1. The molecule has 2 bridgehead atoms. The summed E-state index contributed by atoms with van der Waals surface area (Å²) in [7, 11) is -1.75. The number of anilines is 1. The van der Waals surface area contributed by atoms with E-state index in [0.717, 1.165) is 60.8 Å². The molecular weight excluding hydrogens is 680 g/mol. The second-order valence-corrected chi connectivity index (χ2v) is 17.7. The molecule has 260 valence electrons. The Kier molecular flexibility index (Phi) is 9.64. The number of ether oxygens (including phenoxy) is 2. The number of aromatic nitrogens is 1. The van der Waals surface area contributed by atoms with Crippen LogP contribution in [-0.4, -0.2) is 59.1 Å². The van der Waals surface area contributed by atoms with Crippen molar-refractivity contribution in [3.63, 3.8) is 0 Å². The van der Waals surface area contributed by atoms with Gasteiger partial charge < -0.3 is 14.4 Å². The Hall–Kier alpha value is -3.25. The maximum Gasteiger partial charge on any atom is 0.286 e. The molecule has 7 rings (SSSR count). The minimum atomic E-state index is -3.51. The van der Waals surface area contributed by atoms with E-state index in [-0.39, 0.29) is 28.9 Å². The second-order valence-electron chi connectivity index (χ2n) is 14.2. The van der Waals surface area contributed by atoms with Crippen molar-refractivity contribution < 1.29 is 23.3 Å². The number of hydrogen-bond acceptors (Lipinski definition) is 8. The minimum absolute atomic E-state index is 0.00770. The number of aryl methyl sites for hydroxylation is 2. The molecule has 1 fully saturated rings. The van der Waals surface area contributed by atoms with Crippen LogP contribution in [0.5, 0.6) is 5.75 Å². The van der Waals surface area contributed by atoms with Crippen molar-refractivity contribution in [2.24, 2.45) is 22.1 Å². The van der Waals surface area contributed by atoms with Crippen molar-refractivity contribution >= 4 is 50.6 Å². The van der Waals surface area contributed by atoms with Crippen molar-refractivity contribution in [1.82, 2.24) is 9.10 Å². The van der Waals surface area contributed by atoms with Crippen molar-refractivity contribution in [3.05, 3.63) is 86.9 Å². The van der Waals surface area contributed by atoms with Crippen LogP contribution >= 0.6 is 23.1 Å². The topological polar surface area (TPSA) is 110 Å². The first-order valence-corrected chi connectivity index (χ1v) is 19.9. The number of fused-ring (bicyclic) bond motifs is 4. The molecule has 0 radical (unpaired) electrons. The monoisotopic (exact) mass is 722 g/mol. The zero-order chi connectivity index (χ0) is 34.3. The third-order valence-corrected chi connectivity index (χ3v) is 13.5. The summed E-state index contributed by atoms with van der Waals surface area (Å²) in [5, 5.41) is 0.741. The lowest BCUT2D eigenvalue weighted by atomic mass is 9.68. The number of nitrogens with one attached hydrogen (secondary N) is 1. The van der Waals surface area contributed by atoms with Gasteiger partial charge in [-0.2, -0.15) is 4.37 Å². The van der Waals surface area contributed by atoms with E-state index in [1.165, 1.54) is 22.7 Å². The van der Waals surface area contributed by atoms with E-state index >= 15 is 0 Å². The molecule has 4 aliphatic rings. The van der Waals surface area contributed by atoms with E-state index in [1.807, 2.05) is 32.0 Å². The molecule has 2 aromatic carbocycles. The van der Waals surface area contributed by atoms with Gasteiger partial charge in [0.05, 0.1) is 24.2 Å². The van der Waals surface area contributed by atoms with Crippen LogP contribution in [0.1, 0.15) is 75.9 Å². The Bertz CT molecular complexity index is 1920. The minimum Gasteiger partial charge on any atom is -0.490 e. The first-order chi connectivity index (χ1) is 23.5. The predicted molar refractivity (Wildman–Crippen MR) is 194 cm³/mol. The molecule has 9 nitrogen and oxygen atoms in total. The molecule has 6 atom stereocenters. The summed E-state index contributed by atoms with van der Waals surface area (Å²) in [6, 6.07) is 13.2. The van der Waals surface area contributed by atoms with Crippen LogP contribution in [0.4, 0.5) is 5.69 Å². The van der Waals surface area contributed by atoms with E-state index in [4.69, 9.17) is 21.1 Å². The summed E-state index contributed by atoms with van der Waals surface area (Å²) in [6.07, 6.45) is 9.89. The van der Waals surface area contributed by atoms with Crippen LogP contribution in [-0.2, 0) is 26.5 Å². The van der Waals surface area contributed by atoms with Crippen LogP contribution in [0, 0.1) is 24.7 Å². The van der Waals surface area contributed by atoms with Gasteiger partial charge in [-0.25, -0.2) is 4.21 Å². The van der Waals surface area contributed by atoms with Gasteiger partial charge in [-0.1, -0.05) is 36.7 Å². The quantitative estimate of drug-likeness (QED) is 0.286. The fourth-order valence-corrected chi connectivity index (χ4v) is 10.7.